The number of aromatic nitrogens is 2. The van der Waals surface area contributed by atoms with E-state index in [1.54, 1.807) is 42.7 Å². The van der Waals surface area contributed by atoms with Crippen molar-refractivity contribution in [2.45, 2.75) is 56.5 Å². The summed E-state index contributed by atoms with van der Waals surface area (Å²) in [5.41, 5.74) is 2.18. The van der Waals surface area contributed by atoms with Gasteiger partial charge in [0.1, 0.15) is 5.69 Å². The minimum absolute atomic E-state index is 0.000125. The van der Waals surface area contributed by atoms with Crippen molar-refractivity contribution < 1.29 is 13.6 Å². The number of nitrogens with one attached hydrogen (secondary N) is 2. The highest BCUT2D eigenvalue weighted by Crippen LogP contribution is 2.46. The van der Waals surface area contributed by atoms with Crippen molar-refractivity contribution in [3.05, 3.63) is 64.6 Å². The van der Waals surface area contributed by atoms with Crippen molar-refractivity contribution in [2.75, 3.05) is 5.32 Å². The molecule has 0 saturated heterocycles. The fourth-order valence-electron chi connectivity index (χ4n) is 4.81. The lowest BCUT2D eigenvalue weighted by Gasteiger charge is -2.32. The summed E-state index contributed by atoms with van der Waals surface area (Å²) < 4.78 is 29.0. The number of amides is 1. The molecular formula is C24H23ClF2N4O. The molecule has 2 aliphatic rings. The number of hydrogen-bond donors (Lipinski definition) is 2. The predicted molar refractivity (Wildman–Crippen MR) is 120 cm³/mol. The van der Waals surface area contributed by atoms with Gasteiger partial charge in [-0.2, -0.15) is 8.78 Å². The first kappa shape index (κ1) is 21.1. The first-order valence-electron chi connectivity index (χ1n) is 10.9. The van der Waals surface area contributed by atoms with Crippen LogP contribution in [0.1, 0.15) is 53.7 Å². The number of nitrogens with zero attached hydrogens (tertiary/aromatic N) is 2. The Balaban J connectivity index is 1.40. The second-order valence-corrected chi connectivity index (χ2v) is 9.04. The molecule has 0 spiro atoms. The zero-order valence-electron chi connectivity index (χ0n) is 17.4. The van der Waals surface area contributed by atoms with Gasteiger partial charge in [-0.25, -0.2) is 4.98 Å². The van der Waals surface area contributed by atoms with E-state index in [4.69, 9.17) is 11.6 Å². The minimum Gasteiger partial charge on any atom is -0.381 e. The normalized spacial score (nSPS) is 21.8. The van der Waals surface area contributed by atoms with Crippen LogP contribution in [0.2, 0.25) is 5.02 Å². The zero-order chi connectivity index (χ0) is 22.3. The van der Waals surface area contributed by atoms with Gasteiger partial charge in [0, 0.05) is 52.6 Å². The molecule has 1 aromatic carbocycles. The number of carbonyl (C=O) groups is 1. The van der Waals surface area contributed by atoms with Crippen LogP contribution in [0.3, 0.4) is 0 Å². The van der Waals surface area contributed by atoms with E-state index in [2.05, 4.69) is 20.6 Å². The number of rotatable bonds is 4. The smallest absolute Gasteiger partial charge is 0.290 e. The lowest BCUT2D eigenvalue weighted by atomic mass is 9.90. The van der Waals surface area contributed by atoms with E-state index in [0.717, 1.165) is 24.6 Å². The maximum Gasteiger partial charge on any atom is 0.290 e. The molecule has 2 heterocycles. The van der Waals surface area contributed by atoms with Crippen LogP contribution in [0.4, 0.5) is 14.5 Å². The fourth-order valence-corrected chi connectivity index (χ4v) is 4.98. The number of benzene rings is 1. The monoisotopic (exact) mass is 456 g/mol. The van der Waals surface area contributed by atoms with Gasteiger partial charge in [-0.15, -0.1) is 0 Å². The zero-order valence-corrected chi connectivity index (χ0v) is 18.1. The maximum atomic E-state index is 14.5. The highest BCUT2D eigenvalue weighted by Gasteiger charge is 2.43. The SMILES string of the molecule is O=C(N[C@@H]1CCC[C@H](Nc2c3c(nc4ccc(Cl)cc24)C(F)(F)CC3)C1)c1cccnc1. The van der Waals surface area contributed by atoms with Crippen LogP contribution >= 0.6 is 11.6 Å². The molecule has 2 N–H and O–H groups in total. The van der Waals surface area contributed by atoms with Crippen molar-refractivity contribution in [1.29, 1.82) is 0 Å². The van der Waals surface area contributed by atoms with Crippen LogP contribution in [0.25, 0.3) is 10.9 Å². The van der Waals surface area contributed by atoms with Gasteiger partial charge in [-0.05, 0) is 62.4 Å². The van der Waals surface area contributed by atoms with Gasteiger partial charge in [0.25, 0.3) is 11.8 Å². The van der Waals surface area contributed by atoms with E-state index in [-0.39, 0.29) is 36.5 Å². The number of anilines is 1. The summed E-state index contributed by atoms with van der Waals surface area (Å²) in [5.74, 6) is -3.07. The van der Waals surface area contributed by atoms with E-state index in [0.29, 0.717) is 33.8 Å². The van der Waals surface area contributed by atoms with Crippen molar-refractivity contribution in [3.8, 4) is 0 Å². The molecule has 1 fully saturated rings. The number of fused-ring (bicyclic) bond motifs is 2. The molecule has 2 aliphatic carbocycles. The van der Waals surface area contributed by atoms with Crippen molar-refractivity contribution in [2.24, 2.45) is 0 Å². The van der Waals surface area contributed by atoms with Crippen molar-refractivity contribution in [1.82, 2.24) is 15.3 Å². The van der Waals surface area contributed by atoms with Crippen LogP contribution in [-0.2, 0) is 12.3 Å². The first-order valence-corrected chi connectivity index (χ1v) is 11.3. The minimum atomic E-state index is -2.92. The topological polar surface area (TPSA) is 66.9 Å². The maximum absolute atomic E-state index is 14.5. The number of hydrogen-bond acceptors (Lipinski definition) is 4. The second kappa shape index (κ2) is 8.28. The largest absolute Gasteiger partial charge is 0.381 e. The predicted octanol–water partition coefficient (Wildman–Crippen LogP) is 5.47. The molecule has 0 bridgehead atoms. The van der Waals surface area contributed by atoms with Gasteiger partial charge in [-0.1, -0.05) is 11.6 Å². The third kappa shape index (κ3) is 4.01. The summed E-state index contributed by atoms with van der Waals surface area (Å²) in [5, 5.41) is 7.93. The Morgan fingerprint density at radius 3 is 2.84 bits per heavy atom. The molecule has 1 saturated carbocycles. The van der Waals surface area contributed by atoms with E-state index in [1.807, 2.05) is 0 Å². The van der Waals surface area contributed by atoms with E-state index in [9.17, 15) is 13.6 Å². The molecule has 3 aromatic rings. The number of halogens is 3. The number of alkyl halides is 2. The summed E-state index contributed by atoms with van der Waals surface area (Å²) >= 11 is 6.22. The Bertz CT molecular complexity index is 1170. The van der Waals surface area contributed by atoms with Crippen LogP contribution in [-0.4, -0.2) is 28.0 Å². The van der Waals surface area contributed by atoms with Gasteiger partial charge >= 0.3 is 0 Å². The molecule has 0 radical (unpaired) electrons. The number of carbonyl (C=O) groups excluding carboxylic acids is 1. The molecule has 5 nitrogen and oxygen atoms in total. The van der Waals surface area contributed by atoms with Gasteiger partial charge in [0.15, 0.2) is 0 Å². The Morgan fingerprint density at radius 2 is 2.03 bits per heavy atom. The van der Waals surface area contributed by atoms with Crippen LogP contribution < -0.4 is 10.6 Å². The molecular weight excluding hydrogens is 434 g/mol. The van der Waals surface area contributed by atoms with Gasteiger partial charge in [0.05, 0.1) is 11.1 Å². The summed E-state index contributed by atoms with van der Waals surface area (Å²) in [4.78, 5) is 20.8. The van der Waals surface area contributed by atoms with Crippen LogP contribution in [0.15, 0.2) is 42.7 Å². The Labute approximate surface area is 189 Å². The summed E-state index contributed by atoms with van der Waals surface area (Å²) in [7, 11) is 0. The lowest BCUT2D eigenvalue weighted by Crippen LogP contribution is -2.42. The lowest BCUT2D eigenvalue weighted by molar-refractivity contribution is -0.00567. The molecule has 0 aliphatic heterocycles. The Kier molecular flexibility index (Phi) is 5.45. The van der Waals surface area contributed by atoms with E-state index >= 15 is 0 Å². The molecule has 166 valence electrons. The molecule has 2 aromatic heterocycles. The quantitative estimate of drug-likeness (QED) is 0.546. The standard InChI is InChI=1S/C24H23ClF2N4O/c25-15-6-7-20-19(11-15)21(18-8-9-24(26,27)22(18)31-20)29-16-4-1-5-17(12-16)30-23(32)14-3-2-10-28-13-14/h2-3,6-7,10-11,13,16-17H,1,4-5,8-9,12H2,(H,29,31)(H,30,32)/t16-,17+/m0/s1. The van der Waals surface area contributed by atoms with Gasteiger partial charge < -0.3 is 10.6 Å². The Hall–Kier alpha value is -2.80. The van der Waals surface area contributed by atoms with E-state index < -0.39 is 5.92 Å². The Morgan fingerprint density at radius 1 is 1.19 bits per heavy atom. The summed E-state index contributed by atoms with van der Waals surface area (Å²) in [6, 6.07) is 8.66. The first-order chi connectivity index (χ1) is 15.4. The van der Waals surface area contributed by atoms with Crippen LogP contribution in [0.5, 0.6) is 0 Å². The molecule has 8 heteroatoms. The third-order valence-electron chi connectivity index (χ3n) is 6.36. The second-order valence-electron chi connectivity index (χ2n) is 8.60. The van der Waals surface area contributed by atoms with Gasteiger partial charge in [0.2, 0.25) is 0 Å². The summed E-state index contributed by atoms with van der Waals surface area (Å²) in [6.07, 6.45) is 6.63. The fraction of sp³-hybridized carbons (Fsp3) is 0.375. The molecule has 5 rings (SSSR count). The highest BCUT2D eigenvalue weighted by molar-refractivity contribution is 6.31. The average Bonchev–Trinajstić information content (AvgIpc) is 3.09. The van der Waals surface area contributed by atoms with Gasteiger partial charge in [-0.3, -0.25) is 9.78 Å². The summed E-state index contributed by atoms with van der Waals surface area (Å²) in [6.45, 7) is 0. The molecule has 1 amide bonds. The highest BCUT2D eigenvalue weighted by atomic mass is 35.5. The third-order valence-corrected chi connectivity index (χ3v) is 6.60. The van der Waals surface area contributed by atoms with Crippen molar-refractivity contribution in [3.63, 3.8) is 0 Å². The molecule has 0 unspecified atom stereocenters. The van der Waals surface area contributed by atoms with Crippen molar-refractivity contribution >= 4 is 34.1 Å². The number of pyridine rings is 2. The average molecular weight is 457 g/mol. The molecule has 2 atom stereocenters. The van der Waals surface area contributed by atoms with Crippen LogP contribution in [0, 0.1) is 0 Å². The molecule has 32 heavy (non-hydrogen) atoms. The van der Waals surface area contributed by atoms with E-state index in [1.165, 1.54) is 0 Å².